The van der Waals surface area contributed by atoms with Crippen LogP contribution in [0.2, 0.25) is 0 Å². The Morgan fingerprint density at radius 1 is 0.264 bits per heavy atom. The molecule has 0 aliphatic rings. The van der Waals surface area contributed by atoms with E-state index >= 15 is 0 Å². The Kier molecular flexibility index (Phi) is 24.6. The van der Waals surface area contributed by atoms with Gasteiger partial charge in [-0.1, -0.05) is 245 Å². The van der Waals surface area contributed by atoms with Crippen molar-refractivity contribution in [2.24, 2.45) is 0 Å². The molecule has 0 saturated heterocycles. The first kappa shape index (κ1) is 48.3. The molecule has 0 aliphatic heterocycles. The molecule has 0 saturated carbocycles. The van der Waals surface area contributed by atoms with E-state index in [-0.39, 0.29) is 5.41 Å². The van der Waals surface area contributed by atoms with E-state index < -0.39 is 0 Å². The molecule has 53 heavy (non-hydrogen) atoms. The van der Waals surface area contributed by atoms with Crippen LogP contribution in [0.3, 0.4) is 0 Å². The van der Waals surface area contributed by atoms with Gasteiger partial charge in [-0.15, -0.1) is 0 Å². The minimum atomic E-state index is 0.0708. The van der Waals surface area contributed by atoms with E-state index in [2.05, 4.69) is 215 Å². The zero-order valence-corrected chi connectivity index (χ0v) is 36.4. The highest BCUT2D eigenvalue weighted by atomic mass is 14.3. The summed E-state index contributed by atoms with van der Waals surface area (Å²) in [6, 6.07) is 51.9. The second-order valence-electron chi connectivity index (χ2n) is 13.4. The van der Waals surface area contributed by atoms with E-state index in [1.807, 2.05) is 41.5 Å². The van der Waals surface area contributed by atoms with Crippen LogP contribution in [0.1, 0.15) is 111 Å². The van der Waals surface area contributed by atoms with Crippen molar-refractivity contribution < 1.29 is 0 Å². The average molecular weight is 709 g/mol. The van der Waals surface area contributed by atoms with Crippen LogP contribution in [0.15, 0.2) is 146 Å². The average Bonchev–Trinajstić information content (AvgIpc) is 3.17. The van der Waals surface area contributed by atoms with Crippen LogP contribution in [-0.4, -0.2) is 0 Å². The Hall–Kier alpha value is -4.68. The van der Waals surface area contributed by atoms with Crippen LogP contribution in [0, 0.1) is 55.4 Å². The third kappa shape index (κ3) is 19.1. The summed E-state index contributed by atoms with van der Waals surface area (Å²) in [6.45, 7) is 33.4. The van der Waals surface area contributed by atoms with Crippen molar-refractivity contribution >= 4 is 0 Å². The van der Waals surface area contributed by atoms with Gasteiger partial charge in [-0.25, -0.2) is 0 Å². The minimum absolute atomic E-state index is 0.0708. The molecule has 6 rings (SSSR count). The lowest BCUT2D eigenvalue weighted by Gasteiger charge is -2.26. The second-order valence-corrected chi connectivity index (χ2v) is 13.4. The van der Waals surface area contributed by atoms with Gasteiger partial charge in [0.1, 0.15) is 0 Å². The van der Waals surface area contributed by atoms with Crippen LogP contribution in [0.4, 0.5) is 0 Å². The lowest BCUT2D eigenvalue weighted by Crippen LogP contribution is -2.18. The molecule has 0 unspecified atom stereocenters. The molecule has 0 heterocycles. The van der Waals surface area contributed by atoms with Gasteiger partial charge in [0, 0.05) is 5.41 Å². The van der Waals surface area contributed by atoms with Crippen molar-refractivity contribution in [3.05, 3.63) is 201 Å². The van der Waals surface area contributed by atoms with Gasteiger partial charge in [-0.3, -0.25) is 0 Å². The molecule has 0 aliphatic carbocycles. The fourth-order valence-corrected chi connectivity index (χ4v) is 5.04. The number of aryl methyl sites for hydroxylation is 8. The van der Waals surface area contributed by atoms with Gasteiger partial charge in [0.05, 0.1) is 0 Å². The zero-order chi connectivity index (χ0) is 40.4. The van der Waals surface area contributed by atoms with E-state index in [9.17, 15) is 0 Å². The molecule has 0 radical (unpaired) electrons. The molecule has 0 spiro atoms. The van der Waals surface area contributed by atoms with Crippen LogP contribution in [0.25, 0.3) is 11.1 Å². The van der Waals surface area contributed by atoms with E-state index in [0.29, 0.717) is 0 Å². The number of hydrogen-bond donors (Lipinski definition) is 0. The summed E-state index contributed by atoms with van der Waals surface area (Å²) in [5, 5.41) is 0. The summed E-state index contributed by atoms with van der Waals surface area (Å²) in [7, 11) is 0. The molecule has 0 bridgehead atoms. The fraction of sp³-hybridized carbons (Fsp3) is 0.321. The predicted molar refractivity (Wildman–Crippen MR) is 242 cm³/mol. The summed E-state index contributed by atoms with van der Waals surface area (Å²) in [4.78, 5) is 0. The highest BCUT2D eigenvalue weighted by molar-refractivity contribution is 5.63. The summed E-state index contributed by atoms with van der Waals surface area (Å²) in [5.41, 5.74) is 16.0. The number of rotatable bonds is 3. The van der Waals surface area contributed by atoms with Crippen molar-refractivity contribution in [2.75, 3.05) is 0 Å². The molecule has 0 N–H and O–H groups in total. The molecule has 0 atom stereocenters. The Bertz CT molecular complexity index is 1620. The molecule has 0 heteroatoms. The summed E-state index contributed by atoms with van der Waals surface area (Å²) >= 11 is 0. The zero-order valence-electron chi connectivity index (χ0n) is 36.4. The third-order valence-corrected chi connectivity index (χ3v) is 8.37. The van der Waals surface area contributed by atoms with Gasteiger partial charge < -0.3 is 0 Å². The van der Waals surface area contributed by atoms with Crippen molar-refractivity contribution in [1.29, 1.82) is 0 Å². The first-order valence-corrected chi connectivity index (χ1v) is 19.7. The van der Waals surface area contributed by atoms with Crippen LogP contribution < -0.4 is 0 Å². The van der Waals surface area contributed by atoms with Gasteiger partial charge in [0.15, 0.2) is 0 Å². The molecular formula is C53H72. The molecule has 0 aromatic heterocycles. The lowest BCUT2D eigenvalue weighted by atomic mass is 9.78. The number of benzene rings is 6. The largest absolute Gasteiger partial charge is 0.0683 e. The van der Waals surface area contributed by atoms with E-state index in [1.54, 1.807) is 0 Å². The van der Waals surface area contributed by atoms with E-state index in [1.165, 1.54) is 66.8 Å². The van der Waals surface area contributed by atoms with Crippen molar-refractivity contribution in [3.8, 4) is 11.1 Å². The Labute approximate surface area is 327 Å². The second kappa shape index (κ2) is 27.0. The first-order valence-electron chi connectivity index (χ1n) is 19.7. The Morgan fingerprint density at radius 2 is 0.472 bits per heavy atom. The van der Waals surface area contributed by atoms with Crippen LogP contribution in [0.5, 0.6) is 0 Å². The maximum atomic E-state index is 2.28. The summed E-state index contributed by atoms with van der Waals surface area (Å²) in [5.74, 6) is 0. The first-order chi connectivity index (χ1) is 25.3. The molecule has 0 nitrogen and oxygen atoms in total. The highest BCUT2D eigenvalue weighted by Crippen LogP contribution is 2.31. The Morgan fingerprint density at radius 3 is 0.679 bits per heavy atom. The molecule has 6 aromatic rings. The number of hydrogen-bond acceptors (Lipinski definition) is 0. The smallest absolute Gasteiger partial charge is 0.0146 e. The molecule has 6 aromatic carbocycles. The van der Waals surface area contributed by atoms with E-state index in [0.717, 1.165) is 0 Å². The van der Waals surface area contributed by atoms with Crippen LogP contribution in [-0.2, 0) is 5.41 Å². The molecule has 0 fully saturated rings. The topological polar surface area (TPSA) is 0 Å². The SMILES string of the molecule is CC.CC.CC.Cc1ccc(-c2ccc(C)cc2)cc1.Cc1ccc(C(C)(C)c2ccc(C)cc2)cc1.Cc1ccc(C)cc1.Cc1cccc(C)c1. The quantitative estimate of drug-likeness (QED) is 0.172. The monoisotopic (exact) mass is 709 g/mol. The normalized spacial score (nSPS) is 9.51. The summed E-state index contributed by atoms with van der Waals surface area (Å²) < 4.78 is 0. The van der Waals surface area contributed by atoms with Gasteiger partial charge in [-0.05, 0) is 77.6 Å². The summed E-state index contributed by atoms with van der Waals surface area (Å²) in [6.07, 6.45) is 0. The van der Waals surface area contributed by atoms with Crippen molar-refractivity contribution in [3.63, 3.8) is 0 Å². The predicted octanol–water partition coefficient (Wildman–Crippen LogP) is 16.3. The van der Waals surface area contributed by atoms with Gasteiger partial charge in [-0.2, -0.15) is 0 Å². The molecular weight excluding hydrogens is 637 g/mol. The van der Waals surface area contributed by atoms with Gasteiger partial charge in [0.2, 0.25) is 0 Å². The van der Waals surface area contributed by atoms with Crippen molar-refractivity contribution in [2.45, 2.75) is 116 Å². The van der Waals surface area contributed by atoms with Crippen LogP contribution >= 0.6 is 0 Å². The van der Waals surface area contributed by atoms with Crippen molar-refractivity contribution in [1.82, 2.24) is 0 Å². The molecule has 0 amide bonds. The third-order valence-electron chi connectivity index (χ3n) is 8.37. The Balaban J connectivity index is 0.000000675. The lowest BCUT2D eigenvalue weighted by molar-refractivity contribution is 0.640. The molecule has 284 valence electrons. The standard InChI is InChI=1S/C17H20.C14H14.2C8H10.3C2H6/c1-13-5-9-15(10-6-13)17(3,4)16-11-7-14(2)8-12-16;1-11-3-7-13(8-4-11)14-9-5-12(2)6-10-14;1-7-3-5-8(2)6-4-7;1-7-4-3-5-8(2)6-7;3*1-2/h5-12H,1-4H3;3-10H,1-2H3;2*3-6H,1-2H3;3*1-2H3. The van der Waals surface area contributed by atoms with E-state index in [4.69, 9.17) is 0 Å². The highest BCUT2D eigenvalue weighted by Gasteiger charge is 2.22. The van der Waals surface area contributed by atoms with Gasteiger partial charge in [0.25, 0.3) is 0 Å². The fourth-order valence-electron chi connectivity index (χ4n) is 5.04. The van der Waals surface area contributed by atoms with Gasteiger partial charge >= 0.3 is 0 Å². The maximum absolute atomic E-state index is 2.28. The maximum Gasteiger partial charge on any atom is 0.0146 e. The minimum Gasteiger partial charge on any atom is -0.0683 e.